The molecule has 0 unspecified atom stereocenters. The van der Waals surface area contributed by atoms with Gasteiger partial charge in [0.1, 0.15) is 5.69 Å². The topological polar surface area (TPSA) is 64.8 Å². The van der Waals surface area contributed by atoms with Crippen molar-refractivity contribution in [2.24, 2.45) is 5.41 Å². The SMILES string of the molecule is CN(C(=O)c1cc2[nH]c(-c3n[nH]c4c3CCC(C)(C)C4)cc2s1)c1ccccc1. The lowest BCUT2D eigenvalue weighted by molar-refractivity contribution is 0.0997. The van der Waals surface area contributed by atoms with Crippen LogP contribution in [0.4, 0.5) is 5.69 Å². The molecule has 0 saturated heterocycles. The Bertz CT molecular complexity index is 1170. The van der Waals surface area contributed by atoms with Crippen LogP contribution in [-0.2, 0) is 12.8 Å². The molecule has 3 heterocycles. The first-order chi connectivity index (χ1) is 13.9. The van der Waals surface area contributed by atoms with Gasteiger partial charge in [-0.3, -0.25) is 9.89 Å². The van der Waals surface area contributed by atoms with E-state index in [9.17, 15) is 4.79 Å². The van der Waals surface area contributed by atoms with Gasteiger partial charge in [-0.1, -0.05) is 32.0 Å². The van der Waals surface area contributed by atoms with Gasteiger partial charge in [0, 0.05) is 24.0 Å². The zero-order valence-corrected chi connectivity index (χ0v) is 17.7. The predicted octanol–water partition coefficient (Wildman–Crippen LogP) is 5.41. The predicted molar refractivity (Wildman–Crippen MR) is 119 cm³/mol. The zero-order chi connectivity index (χ0) is 20.2. The first kappa shape index (κ1) is 18.2. The Morgan fingerprint density at radius 2 is 2.00 bits per heavy atom. The van der Waals surface area contributed by atoms with Gasteiger partial charge in [0.25, 0.3) is 5.91 Å². The Morgan fingerprint density at radius 3 is 2.76 bits per heavy atom. The molecule has 148 valence electrons. The van der Waals surface area contributed by atoms with E-state index in [1.807, 2.05) is 43.4 Å². The fourth-order valence-corrected chi connectivity index (χ4v) is 5.19. The molecular weight excluding hydrogens is 380 g/mol. The Balaban J connectivity index is 1.43. The number of carbonyl (C=O) groups is 1. The fraction of sp³-hybridized carbons (Fsp3) is 0.304. The monoisotopic (exact) mass is 404 g/mol. The summed E-state index contributed by atoms with van der Waals surface area (Å²) in [7, 11) is 1.81. The standard InChI is InChI=1S/C23H24N4OS/c1-23(2)10-9-15-18(13-23)25-26-21(15)17-12-19-16(24-17)11-20(29-19)22(28)27(3)14-7-5-4-6-8-14/h4-8,11-12,24H,9-10,13H2,1-3H3,(H,25,26). The molecule has 0 radical (unpaired) electrons. The molecule has 0 aliphatic heterocycles. The average molecular weight is 405 g/mol. The quantitative estimate of drug-likeness (QED) is 0.479. The highest BCUT2D eigenvalue weighted by Gasteiger charge is 2.29. The minimum atomic E-state index is 0.00623. The number of amides is 1. The minimum absolute atomic E-state index is 0.00623. The van der Waals surface area contributed by atoms with Crippen molar-refractivity contribution >= 4 is 33.1 Å². The number of thiophene rings is 1. The maximum absolute atomic E-state index is 12.9. The number of fused-ring (bicyclic) bond motifs is 2. The van der Waals surface area contributed by atoms with E-state index in [4.69, 9.17) is 0 Å². The van der Waals surface area contributed by atoms with Gasteiger partial charge in [0.2, 0.25) is 0 Å². The molecule has 1 aliphatic rings. The number of benzene rings is 1. The number of hydrogen-bond donors (Lipinski definition) is 2. The van der Waals surface area contributed by atoms with Crippen LogP contribution in [0.2, 0.25) is 0 Å². The molecule has 0 fully saturated rings. The van der Waals surface area contributed by atoms with Gasteiger partial charge in [0.15, 0.2) is 0 Å². The van der Waals surface area contributed by atoms with Crippen LogP contribution in [0.15, 0.2) is 42.5 Å². The first-order valence-corrected chi connectivity index (χ1v) is 10.8. The summed E-state index contributed by atoms with van der Waals surface area (Å²) < 4.78 is 1.08. The van der Waals surface area contributed by atoms with Crippen LogP contribution in [0.5, 0.6) is 0 Å². The van der Waals surface area contributed by atoms with E-state index in [0.717, 1.165) is 45.0 Å². The molecule has 1 amide bonds. The number of anilines is 1. The summed E-state index contributed by atoms with van der Waals surface area (Å²) in [6, 6.07) is 13.8. The molecule has 0 saturated carbocycles. The smallest absolute Gasteiger partial charge is 0.268 e. The fourth-order valence-electron chi connectivity index (χ4n) is 4.16. The highest BCUT2D eigenvalue weighted by Crippen LogP contribution is 2.39. The van der Waals surface area contributed by atoms with Gasteiger partial charge in [-0.05, 0) is 48.9 Å². The number of hydrogen-bond acceptors (Lipinski definition) is 3. The van der Waals surface area contributed by atoms with Gasteiger partial charge in [-0.15, -0.1) is 11.3 Å². The maximum atomic E-state index is 12.9. The highest BCUT2D eigenvalue weighted by atomic mass is 32.1. The van der Waals surface area contributed by atoms with Gasteiger partial charge >= 0.3 is 0 Å². The van der Waals surface area contributed by atoms with E-state index in [0.29, 0.717) is 5.41 Å². The molecular formula is C23H24N4OS. The van der Waals surface area contributed by atoms with Crippen molar-refractivity contribution in [3.05, 3.63) is 58.6 Å². The van der Waals surface area contributed by atoms with Crippen molar-refractivity contribution in [3.63, 3.8) is 0 Å². The molecule has 29 heavy (non-hydrogen) atoms. The molecule has 3 aromatic heterocycles. The number of aromatic nitrogens is 3. The molecule has 4 aromatic rings. The molecule has 0 spiro atoms. The normalized spacial score (nSPS) is 15.4. The van der Waals surface area contributed by atoms with Gasteiger partial charge in [0.05, 0.1) is 20.8 Å². The molecule has 5 nitrogen and oxygen atoms in total. The van der Waals surface area contributed by atoms with Crippen LogP contribution in [0, 0.1) is 5.41 Å². The maximum Gasteiger partial charge on any atom is 0.268 e. The van der Waals surface area contributed by atoms with E-state index >= 15 is 0 Å². The number of aromatic amines is 2. The first-order valence-electron chi connectivity index (χ1n) is 9.93. The van der Waals surface area contributed by atoms with Gasteiger partial charge in [-0.2, -0.15) is 5.10 Å². The summed E-state index contributed by atoms with van der Waals surface area (Å²) in [5.74, 6) is 0.00623. The molecule has 0 bridgehead atoms. The summed E-state index contributed by atoms with van der Waals surface area (Å²) in [5, 5.41) is 7.86. The van der Waals surface area contributed by atoms with Gasteiger partial charge < -0.3 is 9.88 Å². The lowest BCUT2D eigenvalue weighted by atomic mass is 9.76. The number of rotatable bonds is 3. The summed E-state index contributed by atoms with van der Waals surface area (Å²) >= 11 is 1.52. The third kappa shape index (κ3) is 3.17. The number of nitrogens with zero attached hydrogens (tertiary/aromatic N) is 2. The molecule has 5 rings (SSSR count). The van der Waals surface area contributed by atoms with Crippen molar-refractivity contribution in [2.75, 3.05) is 11.9 Å². The zero-order valence-electron chi connectivity index (χ0n) is 16.9. The van der Waals surface area contributed by atoms with Crippen LogP contribution in [0.1, 0.15) is 41.2 Å². The van der Waals surface area contributed by atoms with Crippen molar-refractivity contribution < 1.29 is 4.79 Å². The number of para-hydroxylation sites is 1. The van der Waals surface area contributed by atoms with Crippen molar-refractivity contribution in [1.29, 1.82) is 0 Å². The van der Waals surface area contributed by atoms with Crippen LogP contribution in [0.25, 0.3) is 21.6 Å². The third-order valence-electron chi connectivity index (χ3n) is 5.88. The van der Waals surface area contributed by atoms with E-state index in [1.54, 1.807) is 4.90 Å². The second kappa shape index (κ2) is 6.59. The summed E-state index contributed by atoms with van der Waals surface area (Å²) in [4.78, 5) is 18.8. The van der Waals surface area contributed by atoms with E-state index in [1.165, 1.54) is 29.0 Å². The van der Waals surface area contributed by atoms with E-state index in [-0.39, 0.29) is 5.91 Å². The van der Waals surface area contributed by atoms with Crippen LogP contribution >= 0.6 is 11.3 Å². The summed E-state index contributed by atoms with van der Waals surface area (Å²) in [6.45, 7) is 4.62. The number of nitrogens with one attached hydrogen (secondary N) is 2. The van der Waals surface area contributed by atoms with Crippen molar-refractivity contribution in [3.8, 4) is 11.4 Å². The Labute approximate surface area is 173 Å². The Hall–Kier alpha value is -2.86. The molecule has 1 aromatic carbocycles. The summed E-state index contributed by atoms with van der Waals surface area (Å²) in [5.41, 5.74) is 6.84. The largest absolute Gasteiger partial charge is 0.352 e. The van der Waals surface area contributed by atoms with Crippen LogP contribution in [-0.4, -0.2) is 28.1 Å². The average Bonchev–Trinajstić information content (AvgIpc) is 3.38. The lowest BCUT2D eigenvalue weighted by Crippen LogP contribution is -2.25. The molecule has 6 heteroatoms. The molecule has 0 atom stereocenters. The third-order valence-corrected chi connectivity index (χ3v) is 6.95. The highest BCUT2D eigenvalue weighted by molar-refractivity contribution is 7.20. The lowest BCUT2D eigenvalue weighted by Gasteiger charge is -2.28. The Kier molecular flexibility index (Phi) is 4.13. The van der Waals surface area contributed by atoms with Crippen LogP contribution in [0.3, 0.4) is 0 Å². The number of carbonyl (C=O) groups excluding carboxylic acids is 1. The number of H-pyrrole nitrogens is 2. The molecule has 2 N–H and O–H groups in total. The van der Waals surface area contributed by atoms with Crippen molar-refractivity contribution in [1.82, 2.24) is 15.2 Å². The molecule has 1 aliphatic carbocycles. The van der Waals surface area contributed by atoms with Crippen molar-refractivity contribution in [2.45, 2.75) is 33.1 Å². The van der Waals surface area contributed by atoms with Gasteiger partial charge in [-0.25, -0.2) is 0 Å². The second-order valence-corrected chi connectivity index (χ2v) is 9.73. The summed E-state index contributed by atoms with van der Waals surface area (Å²) in [6.07, 6.45) is 3.26. The minimum Gasteiger partial charge on any atom is -0.352 e. The second-order valence-electron chi connectivity index (χ2n) is 8.64. The van der Waals surface area contributed by atoms with E-state index < -0.39 is 0 Å². The van der Waals surface area contributed by atoms with E-state index in [2.05, 4.69) is 35.1 Å². The van der Waals surface area contributed by atoms with Crippen LogP contribution < -0.4 is 4.90 Å². The Morgan fingerprint density at radius 1 is 1.21 bits per heavy atom.